The number of aryl methyl sites for hydroxylation is 1. The Balaban J connectivity index is 1.83. The van der Waals surface area contributed by atoms with Gasteiger partial charge in [-0.3, -0.25) is 0 Å². The number of guanidine groups is 1. The van der Waals surface area contributed by atoms with Crippen molar-refractivity contribution < 1.29 is 9.47 Å². The molecule has 0 amide bonds. The van der Waals surface area contributed by atoms with Gasteiger partial charge >= 0.3 is 0 Å². The molecule has 29 heavy (non-hydrogen) atoms. The molecule has 1 aliphatic heterocycles. The maximum atomic E-state index is 5.68. The van der Waals surface area contributed by atoms with E-state index in [1.807, 2.05) is 18.5 Å². The lowest BCUT2D eigenvalue weighted by Gasteiger charge is -2.33. The highest BCUT2D eigenvalue weighted by atomic mass is 16.5. The summed E-state index contributed by atoms with van der Waals surface area (Å²) in [5.74, 6) is 2.59. The standard InChI is InChI=1S/C20H39N7O2/c1-16(2)29-14-12-27-10-7-18(8-11-27)23-20(21-9-6-13-28-5)22-15-19-25-24-17(3)26(19)4/h16,18H,6-15H2,1-5H3,(H2,21,22,23). The minimum Gasteiger partial charge on any atom is -0.385 e. The van der Waals surface area contributed by atoms with Crippen molar-refractivity contribution in [3.8, 4) is 0 Å². The van der Waals surface area contributed by atoms with Crippen LogP contribution in [0.1, 0.15) is 44.8 Å². The predicted octanol–water partition coefficient (Wildman–Crippen LogP) is 1.08. The number of nitrogens with zero attached hydrogens (tertiary/aromatic N) is 5. The molecule has 0 atom stereocenters. The second kappa shape index (κ2) is 12.8. The molecule has 2 heterocycles. The van der Waals surface area contributed by atoms with E-state index in [-0.39, 0.29) is 0 Å². The maximum absolute atomic E-state index is 5.68. The largest absolute Gasteiger partial charge is 0.385 e. The van der Waals surface area contributed by atoms with Gasteiger partial charge in [0.1, 0.15) is 12.4 Å². The van der Waals surface area contributed by atoms with Crippen molar-refractivity contribution in [2.24, 2.45) is 12.0 Å². The number of hydrogen-bond acceptors (Lipinski definition) is 6. The van der Waals surface area contributed by atoms with E-state index >= 15 is 0 Å². The number of hydrogen-bond donors (Lipinski definition) is 2. The highest BCUT2D eigenvalue weighted by Crippen LogP contribution is 2.10. The Morgan fingerprint density at radius 2 is 2.00 bits per heavy atom. The van der Waals surface area contributed by atoms with Crippen LogP contribution in [0.5, 0.6) is 0 Å². The number of methoxy groups -OCH3 is 1. The normalized spacial score (nSPS) is 16.6. The number of likely N-dealkylation sites (tertiary alicyclic amines) is 1. The monoisotopic (exact) mass is 409 g/mol. The van der Waals surface area contributed by atoms with Gasteiger partial charge in [0.2, 0.25) is 0 Å². The number of ether oxygens (including phenoxy) is 2. The van der Waals surface area contributed by atoms with Crippen molar-refractivity contribution in [1.29, 1.82) is 0 Å². The molecular weight excluding hydrogens is 370 g/mol. The van der Waals surface area contributed by atoms with E-state index in [0.29, 0.717) is 18.7 Å². The predicted molar refractivity (Wildman–Crippen MR) is 115 cm³/mol. The van der Waals surface area contributed by atoms with Gasteiger partial charge in [0, 0.05) is 53.0 Å². The zero-order chi connectivity index (χ0) is 21.1. The Kier molecular flexibility index (Phi) is 10.4. The zero-order valence-corrected chi connectivity index (χ0v) is 18.8. The zero-order valence-electron chi connectivity index (χ0n) is 18.8. The second-order valence-corrected chi connectivity index (χ2v) is 7.84. The number of rotatable bonds is 11. The Hall–Kier alpha value is -1.71. The lowest BCUT2D eigenvalue weighted by Crippen LogP contribution is -2.49. The number of aliphatic imine (C=N–C) groups is 1. The van der Waals surface area contributed by atoms with Gasteiger partial charge in [0.15, 0.2) is 11.8 Å². The van der Waals surface area contributed by atoms with Crippen LogP contribution in [0, 0.1) is 6.92 Å². The third-order valence-corrected chi connectivity index (χ3v) is 5.17. The van der Waals surface area contributed by atoms with Crippen molar-refractivity contribution >= 4 is 5.96 Å². The summed E-state index contributed by atoms with van der Waals surface area (Å²) >= 11 is 0. The highest BCUT2D eigenvalue weighted by Gasteiger charge is 2.20. The molecule has 1 aliphatic rings. The Labute approximate surface area is 175 Å². The van der Waals surface area contributed by atoms with Gasteiger partial charge < -0.3 is 29.6 Å². The van der Waals surface area contributed by atoms with E-state index in [2.05, 4.69) is 39.6 Å². The van der Waals surface area contributed by atoms with Gasteiger partial charge in [-0.1, -0.05) is 0 Å². The number of aromatic nitrogens is 3. The minimum absolute atomic E-state index is 0.301. The number of nitrogens with one attached hydrogen (secondary N) is 2. The molecule has 2 N–H and O–H groups in total. The molecule has 9 heteroatoms. The Morgan fingerprint density at radius 1 is 1.24 bits per heavy atom. The van der Waals surface area contributed by atoms with Crippen LogP contribution in [0.4, 0.5) is 0 Å². The first-order valence-corrected chi connectivity index (χ1v) is 10.7. The fourth-order valence-electron chi connectivity index (χ4n) is 3.23. The van der Waals surface area contributed by atoms with Gasteiger partial charge in [0.25, 0.3) is 0 Å². The van der Waals surface area contributed by atoms with Crippen molar-refractivity contribution in [1.82, 2.24) is 30.3 Å². The number of piperidine rings is 1. The van der Waals surface area contributed by atoms with E-state index in [1.165, 1.54) is 0 Å². The van der Waals surface area contributed by atoms with Crippen molar-refractivity contribution in [3.05, 3.63) is 11.6 Å². The molecule has 0 aliphatic carbocycles. The van der Waals surface area contributed by atoms with E-state index in [4.69, 9.17) is 14.5 Å². The summed E-state index contributed by atoms with van der Waals surface area (Å²) in [6, 6.07) is 0.423. The summed E-state index contributed by atoms with van der Waals surface area (Å²) in [6.45, 7) is 12.1. The van der Waals surface area contributed by atoms with Crippen LogP contribution in [0.2, 0.25) is 0 Å². The first-order valence-electron chi connectivity index (χ1n) is 10.7. The van der Waals surface area contributed by atoms with Crippen LogP contribution >= 0.6 is 0 Å². The summed E-state index contributed by atoms with van der Waals surface area (Å²) in [5, 5.41) is 15.3. The second-order valence-electron chi connectivity index (χ2n) is 7.84. The molecule has 1 aromatic heterocycles. The molecule has 0 bridgehead atoms. The fourth-order valence-corrected chi connectivity index (χ4v) is 3.23. The topological polar surface area (TPSA) is 88.8 Å². The summed E-state index contributed by atoms with van der Waals surface area (Å²) < 4.78 is 12.8. The molecule has 0 radical (unpaired) electrons. The molecule has 0 spiro atoms. The first-order chi connectivity index (χ1) is 14.0. The lowest BCUT2D eigenvalue weighted by atomic mass is 10.1. The van der Waals surface area contributed by atoms with Crippen molar-refractivity contribution in [3.63, 3.8) is 0 Å². The third-order valence-electron chi connectivity index (χ3n) is 5.17. The molecule has 2 rings (SSSR count). The molecule has 1 aromatic rings. The van der Waals surface area contributed by atoms with Crippen molar-refractivity contribution in [2.45, 2.75) is 58.7 Å². The SMILES string of the molecule is COCCCNC(=NCc1nnc(C)n1C)NC1CCN(CCOC(C)C)CC1. The highest BCUT2D eigenvalue weighted by molar-refractivity contribution is 5.80. The molecule has 1 fully saturated rings. The Morgan fingerprint density at radius 3 is 2.62 bits per heavy atom. The first kappa shape index (κ1) is 23.6. The van der Waals surface area contributed by atoms with Crippen LogP contribution in [-0.4, -0.2) is 84.3 Å². The molecule has 1 saturated heterocycles. The summed E-state index contributed by atoms with van der Waals surface area (Å²) in [6.07, 6.45) is 3.44. The molecule has 0 unspecified atom stereocenters. The van der Waals surface area contributed by atoms with Crippen LogP contribution in [0.15, 0.2) is 4.99 Å². The summed E-state index contributed by atoms with van der Waals surface area (Å²) in [4.78, 5) is 7.22. The van der Waals surface area contributed by atoms with Crippen LogP contribution in [-0.2, 0) is 23.1 Å². The fraction of sp³-hybridized carbons (Fsp3) is 0.850. The van der Waals surface area contributed by atoms with Gasteiger partial charge in [-0.25, -0.2) is 4.99 Å². The smallest absolute Gasteiger partial charge is 0.191 e. The quantitative estimate of drug-likeness (QED) is 0.321. The van der Waals surface area contributed by atoms with Gasteiger partial charge in [0.05, 0.1) is 12.7 Å². The maximum Gasteiger partial charge on any atom is 0.191 e. The lowest BCUT2D eigenvalue weighted by molar-refractivity contribution is 0.0532. The molecular formula is C20H39N7O2. The molecule has 0 saturated carbocycles. The summed E-state index contributed by atoms with van der Waals surface area (Å²) in [7, 11) is 3.70. The van der Waals surface area contributed by atoms with Crippen LogP contribution in [0.25, 0.3) is 0 Å². The summed E-state index contributed by atoms with van der Waals surface area (Å²) in [5.41, 5.74) is 0. The van der Waals surface area contributed by atoms with Gasteiger partial charge in [-0.2, -0.15) is 0 Å². The average Bonchev–Trinajstić information content (AvgIpc) is 3.02. The molecule has 166 valence electrons. The average molecular weight is 410 g/mol. The van der Waals surface area contributed by atoms with E-state index in [0.717, 1.165) is 76.3 Å². The van der Waals surface area contributed by atoms with Gasteiger partial charge in [-0.15, -0.1) is 10.2 Å². The Bertz CT molecular complexity index is 610. The van der Waals surface area contributed by atoms with E-state index in [1.54, 1.807) is 7.11 Å². The minimum atomic E-state index is 0.301. The molecule has 0 aromatic carbocycles. The third kappa shape index (κ3) is 8.67. The van der Waals surface area contributed by atoms with E-state index < -0.39 is 0 Å². The van der Waals surface area contributed by atoms with E-state index in [9.17, 15) is 0 Å². The van der Waals surface area contributed by atoms with Crippen LogP contribution < -0.4 is 10.6 Å². The molecule has 9 nitrogen and oxygen atoms in total. The van der Waals surface area contributed by atoms with Crippen LogP contribution in [0.3, 0.4) is 0 Å². The van der Waals surface area contributed by atoms with Crippen molar-refractivity contribution in [2.75, 3.05) is 46.5 Å². The van der Waals surface area contributed by atoms with Gasteiger partial charge in [-0.05, 0) is 40.0 Å².